The molecule has 4 heteroatoms. The molecule has 3 atom stereocenters. The third-order valence-corrected chi connectivity index (χ3v) is 1.94. The van der Waals surface area contributed by atoms with Gasteiger partial charge in [0.1, 0.15) is 12.2 Å². The molecular formula is C9H18O4. The third kappa shape index (κ3) is 3.23. The molecule has 2 N–H and O–H groups in total. The van der Waals surface area contributed by atoms with Gasteiger partial charge in [0.25, 0.3) is 0 Å². The Morgan fingerprint density at radius 1 is 1.15 bits per heavy atom. The van der Waals surface area contributed by atoms with Crippen molar-refractivity contribution in [3.63, 3.8) is 0 Å². The Hall–Kier alpha value is -0.160. The normalized spacial score (nSPS) is 35.3. The Morgan fingerprint density at radius 2 is 1.77 bits per heavy atom. The Morgan fingerprint density at radius 3 is 2.15 bits per heavy atom. The quantitative estimate of drug-likeness (QED) is 0.495. The van der Waals surface area contributed by atoms with Crippen LogP contribution in [0.3, 0.4) is 0 Å². The van der Waals surface area contributed by atoms with Crippen molar-refractivity contribution in [2.24, 2.45) is 0 Å². The van der Waals surface area contributed by atoms with Crippen LogP contribution >= 0.6 is 0 Å². The monoisotopic (exact) mass is 190 g/mol. The summed E-state index contributed by atoms with van der Waals surface area (Å²) in [6, 6.07) is 0. The minimum absolute atomic E-state index is 0.382. The largest absolute Gasteiger partial charge is 0.390 e. The molecule has 0 aromatic carbocycles. The molecule has 4 nitrogen and oxygen atoms in total. The van der Waals surface area contributed by atoms with Gasteiger partial charge in [-0.3, -0.25) is 0 Å². The topological polar surface area (TPSA) is 58.9 Å². The zero-order valence-electron chi connectivity index (χ0n) is 8.36. The van der Waals surface area contributed by atoms with Gasteiger partial charge in [-0.05, 0) is 33.6 Å². The molecule has 13 heavy (non-hydrogen) atoms. The summed E-state index contributed by atoms with van der Waals surface area (Å²) in [5.74, 6) is 0. The van der Waals surface area contributed by atoms with Gasteiger partial charge < -0.3 is 10.2 Å². The van der Waals surface area contributed by atoms with Gasteiger partial charge >= 0.3 is 0 Å². The molecule has 78 valence electrons. The van der Waals surface area contributed by atoms with Crippen LogP contribution in [0.1, 0.15) is 33.6 Å². The fourth-order valence-corrected chi connectivity index (χ4v) is 1.24. The van der Waals surface area contributed by atoms with Gasteiger partial charge in [0, 0.05) is 0 Å². The standard InChI is InChI=1S/C9H18O4/c1-9(2,3)13-12-7-5-4-6(10)8(7)11/h6-8,10-11H,4-5H2,1-3H3/t6-,7-,8-/m1/s1. The smallest absolute Gasteiger partial charge is 0.121 e. The molecule has 0 unspecified atom stereocenters. The van der Waals surface area contributed by atoms with Crippen LogP contribution in [-0.2, 0) is 9.78 Å². The first-order chi connectivity index (χ1) is 5.90. The lowest BCUT2D eigenvalue weighted by Crippen LogP contribution is -2.33. The van der Waals surface area contributed by atoms with Crippen molar-refractivity contribution in [1.29, 1.82) is 0 Å². The fraction of sp³-hybridized carbons (Fsp3) is 1.00. The van der Waals surface area contributed by atoms with Gasteiger partial charge in [-0.25, -0.2) is 9.78 Å². The second-order valence-electron chi connectivity index (χ2n) is 4.47. The third-order valence-electron chi connectivity index (χ3n) is 1.94. The first kappa shape index (κ1) is 10.9. The minimum Gasteiger partial charge on any atom is -0.390 e. The zero-order valence-corrected chi connectivity index (χ0v) is 8.36. The van der Waals surface area contributed by atoms with E-state index in [1.165, 1.54) is 0 Å². The van der Waals surface area contributed by atoms with Crippen molar-refractivity contribution < 1.29 is 20.0 Å². The first-order valence-corrected chi connectivity index (χ1v) is 4.61. The van der Waals surface area contributed by atoms with Crippen LogP contribution in [0.15, 0.2) is 0 Å². The van der Waals surface area contributed by atoms with E-state index in [1.54, 1.807) is 0 Å². The van der Waals surface area contributed by atoms with Crippen LogP contribution in [0.2, 0.25) is 0 Å². The molecule has 1 saturated carbocycles. The van der Waals surface area contributed by atoms with Crippen molar-refractivity contribution in [2.75, 3.05) is 0 Å². The van der Waals surface area contributed by atoms with Crippen LogP contribution in [0, 0.1) is 0 Å². The van der Waals surface area contributed by atoms with Crippen LogP contribution in [-0.4, -0.2) is 34.1 Å². The molecule has 0 amide bonds. The van der Waals surface area contributed by atoms with Gasteiger partial charge in [0.15, 0.2) is 0 Å². The summed E-state index contributed by atoms with van der Waals surface area (Å²) in [5, 5.41) is 18.6. The van der Waals surface area contributed by atoms with Gasteiger partial charge in [0.05, 0.1) is 11.7 Å². The van der Waals surface area contributed by atoms with Crippen molar-refractivity contribution in [2.45, 2.75) is 57.5 Å². The van der Waals surface area contributed by atoms with E-state index in [0.29, 0.717) is 12.8 Å². The van der Waals surface area contributed by atoms with E-state index < -0.39 is 18.3 Å². The molecule has 0 aromatic rings. The average Bonchev–Trinajstić information content (AvgIpc) is 2.29. The SMILES string of the molecule is CC(C)(C)OO[C@@H]1CC[C@@H](O)[C@H]1O. The predicted octanol–water partition coefficient (Wildman–Crippen LogP) is 0.617. The molecule has 1 fully saturated rings. The Kier molecular flexibility index (Phi) is 3.29. The van der Waals surface area contributed by atoms with Gasteiger partial charge in [-0.2, -0.15) is 0 Å². The molecule has 0 bridgehead atoms. The number of aliphatic hydroxyl groups excluding tert-OH is 2. The van der Waals surface area contributed by atoms with Crippen LogP contribution in [0.4, 0.5) is 0 Å². The molecule has 0 saturated heterocycles. The summed E-state index contributed by atoms with van der Waals surface area (Å²) >= 11 is 0. The zero-order chi connectivity index (χ0) is 10.1. The first-order valence-electron chi connectivity index (χ1n) is 4.61. The Balaban J connectivity index is 2.30. The number of hydrogen-bond donors (Lipinski definition) is 2. The molecule has 1 aliphatic carbocycles. The van der Waals surface area contributed by atoms with Crippen molar-refractivity contribution in [3.05, 3.63) is 0 Å². The Labute approximate surface area is 78.4 Å². The van der Waals surface area contributed by atoms with Crippen molar-refractivity contribution >= 4 is 0 Å². The average molecular weight is 190 g/mol. The van der Waals surface area contributed by atoms with E-state index in [1.807, 2.05) is 20.8 Å². The molecule has 0 aromatic heterocycles. The summed E-state index contributed by atoms with van der Waals surface area (Å²) in [4.78, 5) is 10.1. The molecule has 0 radical (unpaired) electrons. The maximum atomic E-state index is 9.40. The maximum absolute atomic E-state index is 9.40. The van der Waals surface area contributed by atoms with E-state index in [9.17, 15) is 10.2 Å². The van der Waals surface area contributed by atoms with Gasteiger partial charge in [0.2, 0.25) is 0 Å². The lowest BCUT2D eigenvalue weighted by atomic mass is 10.2. The Bertz CT molecular complexity index is 163. The highest BCUT2D eigenvalue weighted by Crippen LogP contribution is 2.24. The molecule has 1 aliphatic rings. The highest BCUT2D eigenvalue weighted by molar-refractivity contribution is 4.84. The van der Waals surface area contributed by atoms with E-state index in [4.69, 9.17) is 9.78 Å². The van der Waals surface area contributed by atoms with E-state index in [-0.39, 0.29) is 5.60 Å². The minimum atomic E-state index is -0.817. The van der Waals surface area contributed by atoms with Gasteiger partial charge in [-0.15, -0.1) is 0 Å². The van der Waals surface area contributed by atoms with Crippen molar-refractivity contribution in [3.8, 4) is 0 Å². The second kappa shape index (κ2) is 3.92. The highest BCUT2D eigenvalue weighted by Gasteiger charge is 2.35. The van der Waals surface area contributed by atoms with Crippen LogP contribution in [0.5, 0.6) is 0 Å². The lowest BCUT2D eigenvalue weighted by molar-refractivity contribution is -0.381. The summed E-state index contributed by atoms with van der Waals surface area (Å²) in [6.07, 6.45) is -0.678. The van der Waals surface area contributed by atoms with Crippen LogP contribution < -0.4 is 0 Å². The summed E-state index contributed by atoms with van der Waals surface area (Å²) in [6.45, 7) is 5.60. The van der Waals surface area contributed by atoms with E-state index in [0.717, 1.165) is 0 Å². The number of rotatable bonds is 2. The summed E-state index contributed by atoms with van der Waals surface area (Å²) < 4.78 is 0. The molecular weight excluding hydrogens is 172 g/mol. The maximum Gasteiger partial charge on any atom is 0.121 e. The van der Waals surface area contributed by atoms with E-state index >= 15 is 0 Å². The molecule has 0 heterocycles. The molecule has 0 aliphatic heterocycles. The summed E-state index contributed by atoms with van der Waals surface area (Å²) in [7, 11) is 0. The highest BCUT2D eigenvalue weighted by atomic mass is 17.2. The molecule has 0 spiro atoms. The second-order valence-corrected chi connectivity index (χ2v) is 4.47. The fourth-order valence-electron chi connectivity index (χ4n) is 1.24. The number of hydrogen-bond acceptors (Lipinski definition) is 4. The predicted molar refractivity (Wildman–Crippen MR) is 47.0 cm³/mol. The number of aliphatic hydroxyl groups is 2. The van der Waals surface area contributed by atoms with E-state index in [2.05, 4.69) is 0 Å². The van der Waals surface area contributed by atoms with Crippen LogP contribution in [0.25, 0.3) is 0 Å². The molecule has 1 rings (SSSR count). The lowest BCUT2D eigenvalue weighted by Gasteiger charge is -2.22. The van der Waals surface area contributed by atoms with Crippen molar-refractivity contribution in [1.82, 2.24) is 0 Å². The summed E-state index contributed by atoms with van der Waals surface area (Å²) in [5.41, 5.74) is -0.382. The van der Waals surface area contributed by atoms with Gasteiger partial charge in [-0.1, -0.05) is 0 Å².